The van der Waals surface area contributed by atoms with Crippen LogP contribution >= 0.6 is 0 Å². The van der Waals surface area contributed by atoms with Crippen LogP contribution < -0.4 is 0 Å². The van der Waals surface area contributed by atoms with Crippen molar-refractivity contribution in [3.05, 3.63) is 95.7 Å². The highest BCUT2D eigenvalue weighted by Crippen LogP contribution is 2.49. The van der Waals surface area contributed by atoms with Crippen LogP contribution in [-0.2, 0) is 30.3 Å². The first-order valence-electron chi connectivity index (χ1n) is 13.4. The SMILES string of the molecule is C=C1C(=O)O[C@H]2[C@H]1CC/C(COC(=O)C(=O)c1cn(Cc3ccccc3)c3ccccc13)=C\CC[C@@]1(C)O[C@@H]21. The molecule has 2 saturated heterocycles. The number of benzene rings is 2. The number of hydrogen-bond acceptors (Lipinski definition) is 6. The van der Waals surface area contributed by atoms with Gasteiger partial charge in [0.15, 0.2) is 0 Å². The highest BCUT2D eigenvalue weighted by molar-refractivity contribution is 6.43. The zero-order chi connectivity index (χ0) is 27.1. The van der Waals surface area contributed by atoms with Crippen LogP contribution in [0.4, 0.5) is 0 Å². The standard InChI is InChI=1S/C32H31NO6/c1-20-23-15-14-22(11-8-16-32(2)29(39-32)28(23)38-30(20)35)19-37-31(36)27(34)25-18-33(17-21-9-4-3-5-10-21)26-13-7-6-12-24(25)26/h3-7,9-13,18,23,28-29H,1,8,14-17,19H2,2H3/b22-11+/t23-,28-,29-,32+/m0/s1. The predicted molar refractivity (Wildman–Crippen MR) is 145 cm³/mol. The third-order valence-electron chi connectivity index (χ3n) is 8.24. The summed E-state index contributed by atoms with van der Waals surface area (Å²) in [7, 11) is 0. The Bertz CT molecular complexity index is 1500. The number of carbonyl (C=O) groups is 3. The number of aromatic nitrogens is 1. The van der Waals surface area contributed by atoms with Gasteiger partial charge in [-0.25, -0.2) is 9.59 Å². The molecule has 0 radical (unpaired) electrons. The van der Waals surface area contributed by atoms with E-state index in [1.807, 2.05) is 66.1 Å². The fourth-order valence-electron chi connectivity index (χ4n) is 5.92. The monoisotopic (exact) mass is 525 g/mol. The lowest BCUT2D eigenvalue weighted by atomic mass is 9.84. The van der Waals surface area contributed by atoms with E-state index in [4.69, 9.17) is 14.2 Å². The van der Waals surface area contributed by atoms with Crippen LogP contribution in [0.25, 0.3) is 10.9 Å². The lowest BCUT2D eigenvalue weighted by Crippen LogP contribution is -2.29. The molecular weight excluding hydrogens is 494 g/mol. The summed E-state index contributed by atoms with van der Waals surface area (Å²) >= 11 is 0. The van der Waals surface area contributed by atoms with E-state index in [0.717, 1.165) is 34.9 Å². The van der Waals surface area contributed by atoms with Crippen molar-refractivity contribution in [1.82, 2.24) is 4.57 Å². The van der Waals surface area contributed by atoms with Gasteiger partial charge in [0.05, 0.1) is 11.2 Å². The van der Waals surface area contributed by atoms with Gasteiger partial charge in [0.1, 0.15) is 18.8 Å². The van der Waals surface area contributed by atoms with E-state index < -0.39 is 11.8 Å². The van der Waals surface area contributed by atoms with E-state index in [1.165, 1.54) is 0 Å². The summed E-state index contributed by atoms with van der Waals surface area (Å²) in [6.45, 7) is 6.59. The zero-order valence-corrected chi connectivity index (χ0v) is 21.9. The first kappa shape index (κ1) is 25.3. The van der Waals surface area contributed by atoms with Crippen LogP contribution in [0.2, 0.25) is 0 Å². The number of ketones is 1. The molecule has 1 aromatic heterocycles. The number of carbonyl (C=O) groups excluding carboxylic acids is 3. The number of rotatable bonds is 6. The molecule has 2 aromatic carbocycles. The van der Waals surface area contributed by atoms with E-state index in [0.29, 0.717) is 30.5 Å². The van der Waals surface area contributed by atoms with Gasteiger partial charge in [0.2, 0.25) is 0 Å². The number of ether oxygens (including phenoxy) is 3. The van der Waals surface area contributed by atoms with Crippen molar-refractivity contribution in [2.45, 2.75) is 57.0 Å². The first-order valence-corrected chi connectivity index (χ1v) is 13.4. The predicted octanol–water partition coefficient (Wildman–Crippen LogP) is 5.17. The summed E-state index contributed by atoms with van der Waals surface area (Å²) in [5.41, 5.74) is 3.35. The van der Waals surface area contributed by atoms with Gasteiger partial charge in [-0.15, -0.1) is 0 Å². The molecule has 1 aliphatic carbocycles. The number of fused-ring (bicyclic) bond motifs is 4. The van der Waals surface area contributed by atoms with E-state index in [-0.39, 0.29) is 36.3 Å². The summed E-state index contributed by atoms with van der Waals surface area (Å²) in [6.07, 6.45) is 6.11. The van der Waals surface area contributed by atoms with Gasteiger partial charge in [-0.1, -0.05) is 61.2 Å². The normalized spacial score (nSPS) is 27.6. The Morgan fingerprint density at radius 1 is 1.13 bits per heavy atom. The molecule has 200 valence electrons. The number of para-hydroxylation sites is 1. The number of allylic oxidation sites excluding steroid dienone is 1. The minimum Gasteiger partial charge on any atom is -0.455 e. The second-order valence-corrected chi connectivity index (χ2v) is 10.9. The summed E-state index contributed by atoms with van der Waals surface area (Å²) in [5, 5.41) is 0.718. The maximum atomic E-state index is 13.3. The molecule has 3 aromatic rings. The average Bonchev–Trinajstić information content (AvgIpc) is 3.36. The van der Waals surface area contributed by atoms with E-state index in [9.17, 15) is 14.4 Å². The lowest BCUT2D eigenvalue weighted by Gasteiger charge is -2.20. The Morgan fingerprint density at radius 2 is 1.90 bits per heavy atom. The van der Waals surface area contributed by atoms with E-state index in [1.54, 1.807) is 6.20 Å². The van der Waals surface area contributed by atoms with Crippen molar-refractivity contribution in [2.75, 3.05) is 6.61 Å². The molecule has 3 heterocycles. The van der Waals surface area contributed by atoms with Crippen LogP contribution in [0.5, 0.6) is 0 Å². The maximum Gasteiger partial charge on any atom is 0.380 e. The summed E-state index contributed by atoms with van der Waals surface area (Å²) < 4.78 is 19.1. The summed E-state index contributed by atoms with van der Waals surface area (Å²) in [6, 6.07) is 17.5. The number of nitrogens with zero attached hydrogens (tertiary/aromatic N) is 1. The number of epoxide rings is 1. The van der Waals surface area contributed by atoms with Crippen LogP contribution in [0.15, 0.2) is 84.6 Å². The molecule has 4 atom stereocenters. The fourth-order valence-corrected chi connectivity index (χ4v) is 5.92. The van der Waals surface area contributed by atoms with Crippen LogP contribution in [0.3, 0.4) is 0 Å². The Hall–Kier alpha value is -3.97. The van der Waals surface area contributed by atoms with Gasteiger partial charge in [0, 0.05) is 35.1 Å². The second-order valence-electron chi connectivity index (χ2n) is 10.9. The molecule has 3 aliphatic rings. The molecule has 0 N–H and O–H groups in total. The highest BCUT2D eigenvalue weighted by atomic mass is 16.6. The molecule has 2 fully saturated rings. The fraction of sp³-hybridized carbons (Fsp3) is 0.344. The number of hydrogen-bond donors (Lipinski definition) is 0. The quantitative estimate of drug-likeness (QED) is 0.110. The minimum atomic E-state index is -0.880. The maximum absolute atomic E-state index is 13.3. The molecular formula is C32H31NO6. The molecule has 6 rings (SSSR count). The number of esters is 2. The van der Waals surface area contributed by atoms with Crippen molar-refractivity contribution < 1.29 is 28.6 Å². The summed E-state index contributed by atoms with van der Waals surface area (Å²) in [4.78, 5) is 38.4. The van der Waals surface area contributed by atoms with Gasteiger partial charge in [-0.2, -0.15) is 0 Å². The number of Topliss-reactive ketones (excluding diaryl/α,β-unsaturated/α-hetero) is 1. The summed E-state index contributed by atoms with van der Waals surface area (Å²) in [5.74, 6) is -2.05. The first-order chi connectivity index (χ1) is 18.8. The van der Waals surface area contributed by atoms with Crippen molar-refractivity contribution in [2.24, 2.45) is 5.92 Å². The van der Waals surface area contributed by atoms with Gasteiger partial charge >= 0.3 is 11.9 Å². The van der Waals surface area contributed by atoms with Gasteiger partial charge in [-0.3, -0.25) is 4.79 Å². The van der Waals surface area contributed by atoms with E-state index in [2.05, 4.69) is 12.7 Å². The van der Waals surface area contributed by atoms with Crippen LogP contribution in [-0.4, -0.2) is 46.7 Å². The molecule has 0 spiro atoms. The van der Waals surface area contributed by atoms with Gasteiger partial charge < -0.3 is 18.8 Å². The molecule has 7 heteroatoms. The van der Waals surface area contributed by atoms with Crippen LogP contribution in [0.1, 0.15) is 48.5 Å². The molecule has 0 saturated carbocycles. The lowest BCUT2D eigenvalue weighted by molar-refractivity contribution is -0.140. The smallest absolute Gasteiger partial charge is 0.380 e. The second kappa shape index (κ2) is 9.97. The Morgan fingerprint density at radius 3 is 2.72 bits per heavy atom. The molecule has 2 aliphatic heterocycles. The Labute approximate surface area is 227 Å². The Balaban J connectivity index is 1.16. The zero-order valence-electron chi connectivity index (χ0n) is 21.9. The average molecular weight is 526 g/mol. The third kappa shape index (κ3) is 4.83. The van der Waals surface area contributed by atoms with E-state index >= 15 is 0 Å². The van der Waals surface area contributed by atoms with Crippen molar-refractivity contribution in [3.63, 3.8) is 0 Å². The molecule has 7 nitrogen and oxygen atoms in total. The van der Waals surface area contributed by atoms with Gasteiger partial charge in [0.25, 0.3) is 5.78 Å². The van der Waals surface area contributed by atoms with Gasteiger partial charge in [-0.05, 0) is 49.8 Å². The van der Waals surface area contributed by atoms with Crippen molar-refractivity contribution in [3.8, 4) is 0 Å². The Kier molecular flexibility index (Phi) is 6.47. The molecule has 0 bridgehead atoms. The minimum absolute atomic E-state index is 0.0207. The molecule has 0 amide bonds. The van der Waals surface area contributed by atoms with Crippen LogP contribution in [0, 0.1) is 5.92 Å². The third-order valence-corrected chi connectivity index (χ3v) is 8.24. The van der Waals surface area contributed by atoms with Crippen molar-refractivity contribution in [1.29, 1.82) is 0 Å². The largest absolute Gasteiger partial charge is 0.455 e. The van der Waals surface area contributed by atoms with Crippen molar-refractivity contribution >= 4 is 28.6 Å². The topological polar surface area (TPSA) is 87.1 Å². The molecule has 39 heavy (non-hydrogen) atoms. The highest BCUT2D eigenvalue weighted by Gasteiger charge is 2.61. The molecule has 0 unspecified atom stereocenters.